The van der Waals surface area contributed by atoms with E-state index in [-0.39, 0.29) is 32.9 Å². The van der Waals surface area contributed by atoms with Crippen molar-refractivity contribution in [3.05, 3.63) is 62.6 Å². The third-order valence-electron chi connectivity index (χ3n) is 5.20. The number of halogens is 6. The van der Waals surface area contributed by atoms with Gasteiger partial charge in [0.1, 0.15) is 0 Å². The van der Waals surface area contributed by atoms with Gasteiger partial charge in [-0.15, -0.1) is 0 Å². The molecule has 3 rings (SSSR count). The summed E-state index contributed by atoms with van der Waals surface area (Å²) in [6, 6.07) is 8.21. The summed E-state index contributed by atoms with van der Waals surface area (Å²) >= 11 is 17.5. The first kappa shape index (κ1) is 24.0. The van der Waals surface area contributed by atoms with E-state index in [2.05, 4.69) is 10.6 Å². The van der Waals surface area contributed by atoms with Crippen molar-refractivity contribution in [2.24, 2.45) is 5.92 Å². The van der Waals surface area contributed by atoms with E-state index < -0.39 is 23.9 Å². The Morgan fingerprint density at radius 3 is 2.16 bits per heavy atom. The summed E-state index contributed by atoms with van der Waals surface area (Å²) in [5.74, 6) is 0.0866. The van der Waals surface area contributed by atoms with Crippen molar-refractivity contribution in [3.63, 3.8) is 0 Å². The van der Waals surface area contributed by atoms with Crippen molar-refractivity contribution in [1.29, 1.82) is 0 Å². The molecule has 1 aliphatic carbocycles. The quantitative estimate of drug-likeness (QED) is 0.407. The molecule has 31 heavy (non-hydrogen) atoms. The number of anilines is 1. The van der Waals surface area contributed by atoms with E-state index in [4.69, 9.17) is 34.8 Å². The molecule has 0 spiro atoms. The second-order valence-electron chi connectivity index (χ2n) is 7.59. The van der Waals surface area contributed by atoms with Crippen LogP contribution in [0.1, 0.15) is 36.9 Å². The van der Waals surface area contributed by atoms with E-state index in [9.17, 15) is 23.1 Å². The molecule has 0 heterocycles. The molecule has 0 bridgehead atoms. The number of alkyl halides is 3. The average Bonchev–Trinajstić information content (AvgIpc) is 3.54. The van der Waals surface area contributed by atoms with E-state index in [1.807, 2.05) is 6.92 Å². The van der Waals surface area contributed by atoms with Gasteiger partial charge in [-0.1, -0.05) is 46.9 Å². The maximum atomic E-state index is 13.8. The van der Waals surface area contributed by atoms with Gasteiger partial charge >= 0.3 is 6.18 Å². The van der Waals surface area contributed by atoms with Crippen molar-refractivity contribution in [2.75, 3.05) is 11.9 Å². The molecule has 2 aromatic rings. The molecule has 168 valence electrons. The van der Waals surface area contributed by atoms with Crippen LogP contribution in [0, 0.1) is 5.92 Å². The molecule has 3 N–H and O–H groups in total. The minimum Gasteiger partial charge on any atom is -0.381 e. The zero-order valence-electron chi connectivity index (χ0n) is 16.4. The molecule has 0 aliphatic heterocycles. The van der Waals surface area contributed by atoms with Crippen molar-refractivity contribution in [1.82, 2.24) is 5.32 Å². The summed E-state index contributed by atoms with van der Waals surface area (Å²) < 4.78 is 41.3. The Kier molecular flexibility index (Phi) is 7.01. The first-order valence-corrected chi connectivity index (χ1v) is 10.6. The van der Waals surface area contributed by atoms with E-state index in [1.165, 1.54) is 0 Å². The summed E-state index contributed by atoms with van der Waals surface area (Å²) in [5.41, 5.74) is -2.62. The third kappa shape index (κ3) is 5.40. The van der Waals surface area contributed by atoms with Gasteiger partial charge < -0.3 is 15.7 Å². The molecule has 1 aliphatic rings. The van der Waals surface area contributed by atoms with E-state index >= 15 is 0 Å². The Hall–Kier alpha value is -1.67. The van der Waals surface area contributed by atoms with Gasteiger partial charge in [0.15, 0.2) is 0 Å². The number of benzene rings is 2. The Bertz CT molecular complexity index is 942. The standard InChI is InChI=1S/C21H20Cl3F3N2O2/c1-11(29-19(30)13-2-3-13)12-4-6-15(7-5-12)28-10-20(31,21(25,26)27)14-8-16(22)18(24)17(23)9-14/h4-9,11,13,28,31H,2-3,10H2,1H3,(H,29,30)/t11-,20+/m0/s1. The van der Waals surface area contributed by atoms with Crippen molar-refractivity contribution < 1.29 is 23.1 Å². The summed E-state index contributed by atoms with van der Waals surface area (Å²) in [6.45, 7) is 0.956. The lowest BCUT2D eigenvalue weighted by Crippen LogP contribution is -2.47. The molecule has 1 saturated carbocycles. The van der Waals surface area contributed by atoms with Crippen LogP contribution >= 0.6 is 34.8 Å². The first-order chi connectivity index (χ1) is 14.4. The van der Waals surface area contributed by atoms with Gasteiger partial charge in [-0.2, -0.15) is 13.2 Å². The Labute approximate surface area is 192 Å². The molecule has 0 aromatic heterocycles. The number of hydrogen-bond donors (Lipinski definition) is 3. The molecule has 0 radical (unpaired) electrons. The number of rotatable bonds is 7. The number of carbonyl (C=O) groups is 1. The topological polar surface area (TPSA) is 61.4 Å². The maximum Gasteiger partial charge on any atom is 0.423 e. The van der Waals surface area contributed by atoms with Gasteiger partial charge in [-0.25, -0.2) is 0 Å². The Morgan fingerprint density at radius 2 is 1.68 bits per heavy atom. The van der Waals surface area contributed by atoms with Crippen molar-refractivity contribution >= 4 is 46.4 Å². The van der Waals surface area contributed by atoms with Crippen molar-refractivity contribution in [2.45, 2.75) is 37.6 Å². The highest BCUT2D eigenvalue weighted by molar-refractivity contribution is 6.48. The predicted octanol–water partition coefficient (Wildman–Crippen LogP) is 6.10. The third-order valence-corrected chi connectivity index (χ3v) is 6.39. The van der Waals surface area contributed by atoms with Gasteiger partial charge in [-0.05, 0) is 55.2 Å². The van der Waals surface area contributed by atoms with Crippen LogP contribution in [0.25, 0.3) is 0 Å². The minimum absolute atomic E-state index is 0.00484. The molecule has 1 fully saturated rings. The van der Waals surface area contributed by atoms with Crippen LogP contribution in [0.3, 0.4) is 0 Å². The number of hydrogen-bond acceptors (Lipinski definition) is 3. The highest BCUT2D eigenvalue weighted by atomic mass is 35.5. The molecular weight excluding hydrogens is 476 g/mol. The monoisotopic (exact) mass is 494 g/mol. The van der Waals surface area contributed by atoms with E-state index in [0.29, 0.717) is 5.69 Å². The number of carbonyl (C=O) groups excluding carboxylic acids is 1. The zero-order valence-corrected chi connectivity index (χ0v) is 18.6. The van der Waals surface area contributed by atoms with Crippen LogP contribution < -0.4 is 10.6 Å². The van der Waals surface area contributed by atoms with Gasteiger partial charge in [0.25, 0.3) is 0 Å². The molecule has 1 amide bonds. The van der Waals surface area contributed by atoms with Gasteiger partial charge in [0.05, 0.1) is 27.7 Å². The number of nitrogens with one attached hydrogen (secondary N) is 2. The molecule has 10 heteroatoms. The first-order valence-electron chi connectivity index (χ1n) is 9.50. The molecular formula is C21H20Cl3F3N2O2. The maximum absolute atomic E-state index is 13.8. The van der Waals surface area contributed by atoms with Gasteiger partial charge in [-0.3, -0.25) is 4.79 Å². The highest BCUT2D eigenvalue weighted by Crippen LogP contribution is 2.43. The summed E-state index contributed by atoms with van der Waals surface area (Å²) in [7, 11) is 0. The fourth-order valence-electron chi connectivity index (χ4n) is 3.04. The van der Waals surface area contributed by atoms with Crippen LogP contribution in [0.15, 0.2) is 36.4 Å². The average molecular weight is 496 g/mol. The van der Waals surface area contributed by atoms with E-state index in [1.54, 1.807) is 24.3 Å². The smallest absolute Gasteiger partial charge is 0.381 e. The Morgan fingerprint density at radius 1 is 1.13 bits per heavy atom. The fourth-order valence-corrected chi connectivity index (χ4v) is 3.64. The number of amides is 1. The lowest BCUT2D eigenvalue weighted by Gasteiger charge is -2.32. The van der Waals surface area contributed by atoms with Crippen LogP contribution in [-0.4, -0.2) is 23.7 Å². The molecule has 0 saturated heterocycles. The largest absolute Gasteiger partial charge is 0.423 e. The molecule has 2 aromatic carbocycles. The minimum atomic E-state index is -5.01. The van der Waals surface area contributed by atoms with Gasteiger partial charge in [0.2, 0.25) is 11.5 Å². The molecule has 4 nitrogen and oxygen atoms in total. The SMILES string of the molecule is C[C@H](NC(=O)C1CC1)c1ccc(NC[C@@](O)(c2cc(Cl)c(Cl)c(Cl)c2)C(F)(F)F)cc1. The summed E-state index contributed by atoms with van der Waals surface area (Å²) in [4.78, 5) is 11.9. The van der Waals surface area contributed by atoms with Crippen LogP contribution in [-0.2, 0) is 10.4 Å². The lowest BCUT2D eigenvalue weighted by molar-refractivity contribution is -0.260. The fraction of sp³-hybridized carbons (Fsp3) is 0.381. The molecule has 0 unspecified atom stereocenters. The Balaban J connectivity index is 1.74. The summed E-state index contributed by atoms with van der Waals surface area (Å²) in [5, 5.41) is 15.5. The van der Waals surface area contributed by atoms with Crippen LogP contribution in [0.5, 0.6) is 0 Å². The van der Waals surface area contributed by atoms with E-state index in [0.717, 1.165) is 30.5 Å². The second-order valence-corrected chi connectivity index (χ2v) is 8.78. The summed E-state index contributed by atoms with van der Waals surface area (Å²) in [6.07, 6.45) is -3.22. The van der Waals surface area contributed by atoms with Gasteiger partial charge in [0, 0.05) is 11.6 Å². The normalized spacial score (nSPS) is 17.0. The van der Waals surface area contributed by atoms with Crippen LogP contribution in [0.2, 0.25) is 15.1 Å². The molecule has 2 atom stereocenters. The van der Waals surface area contributed by atoms with Crippen molar-refractivity contribution in [3.8, 4) is 0 Å². The highest BCUT2D eigenvalue weighted by Gasteiger charge is 2.55. The lowest BCUT2D eigenvalue weighted by atomic mass is 9.92. The number of aliphatic hydroxyl groups is 1. The zero-order chi connectivity index (χ0) is 23.0. The van der Waals surface area contributed by atoms with Crippen LogP contribution in [0.4, 0.5) is 18.9 Å². The second kappa shape index (κ2) is 9.06. The predicted molar refractivity (Wildman–Crippen MR) is 116 cm³/mol.